The first-order chi connectivity index (χ1) is 8.02. The number of carbonyl (C=O) groups excluding carboxylic acids is 1. The van der Waals surface area contributed by atoms with Crippen LogP contribution in [0.15, 0.2) is 0 Å². The van der Waals surface area contributed by atoms with Gasteiger partial charge < -0.3 is 16.8 Å². The highest BCUT2D eigenvalue weighted by Crippen LogP contribution is 2.11. The molecule has 5 nitrogen and oxygen atoms in total. The van der Waals surface area contributed by atoms with E-state index in [0.29, 0.717) is 6.54 Å². The number of hydrogen-bond donors (Lipinski definition) is 4. The van der Waals surface area contributed by atoms with Crippen LogP contribution in [0.1, 0.15) is 46.0 Å². The Morgan fingerprint density at radius 3 is 2.29 bits per heavy atom. The van der Waals surface area contributed by atoms with Gasteiger partial charge in [-0.1, -0.05) is 20.3 Å². The number of nitrogens with one attached hydrogen (secondary N) is 2. The quantitative estimate of drug-likeness (QED) is 0.346. The third-order valence-electron chi connectivity index (χ3n) is 3.23. The standard InChI is InChI=1S/C12H28N4O/c1-4-12(14,5-2)16-10(11(17)15-3)8-6-7-9-13/h10,16H,4-9,13-14H2,1-3H3,(H,15,17). The summed E-state index contributed by atoms with van der Waals surface area (Å²) < 4.78 is 0. The van der Waals surface area contributed by atoms with E-state index >= 15 is 0 Å². The van der Waals surface area contributed by atoms with Crippen LogP contribution in [0.25, 0.3) is 0 Å². The van der Waals surface area contributed by atoms with Crippen LogP contribution in [-0.4, -0.2) is 31.2 Å². The summed E-state index contributed by atoms with van der Waals surface area (Å²) in [5.74, 6) is -0.00116. The van der Waals surface area contributed by atoms with Crippen molar-refractivity contribution in [3.63, 3.8) is 0 Å². The number of rotatable bonds is 9. The first kappa shape index (κ1) is 16.4. The Morgan fingerprint density at radius 2 is 1.88 bits per heavy atom. The lowest BCUT2D eigenvalue weighted by Gasteiger charge is -2.32. The molecule has 0 aliphatic heterocycles. The summed E-state index contributed by atoms with van der Waals surface area (Å²) in [6.45, 7) is 4.71. The zero-order valence-electron chi connectivity index (χ0n) is 11.4. The molecule has 1 atom stereocenters. The molecule has 102 valence electrons. The number of likely N-dealkylation sites (N-methyl/N-ethyl adjacent to an activating group) is 1. The van der Waals surface area contributed by atoms with Gasteiger partial charge in [-0.2, -0.15) is 0 Å². The van der Waals surface area contributed by atoms with Crippen LogP contribution in [0.2, 0.25) is 0 Å². The summed E-state index contributed by atoms with van der Waals surface area (Å²) in [6.07, 6.45) is 4.24. The van der Waals surface area contributed by atoms with E-state index in [-0.39, 0.29) is 11.9 Å². The van der Waals surface area contributed by atoms with Crippen LogP contribution in [0.3, 0.4) is 0 Å². The molecular weight excluding hydrogens is 216 g/mol. The van der Waals surface area contributed by atoms with Crippen LogP contribution < -0.4 is 22.1 Å². The molecule has 6 N–H and O–H groups in total. The molecular formula is C12H28N4O. The molecule has 0 aromatic carbocycles. The summed E-state index contributed by atoms with van der Waals surface area (Å²) in [6, 6.07) is -0.226. The number of carbonyl (C=O) groups is 1. The molecule has 0 rings (SSSR count). The third kappa shape index (κ3) is 6.00. The molecule has 5 heteroatoms. The maximum absolute atomic E-state index is 11.8. The smallest absolute Gasteiger partial charge is 0.236 e. The van der Waals surface area contributed by atoms with E-state index in [0.717, 1.165) is 32.1 Å². The van der Waals surface area contributed by atoms with Crippen molar-refractivity contribution in [2.24, 2.45) is 11.5 Å². The van der Waals surface area contributed by atoms with Gasteiger partial charge in [-0.25, -0.2) is 0 Å². The molecule has 0 spiro atoms. The summed E-state index contributed by atoms with van der Waals surface area (Å²) in [5.41, 5.74) is 11.2. The topological polar surface area (TPSA) is 93.2 Å². The fourth-order valence-corrected chi connectivity index (χ4v) is 1.74. The van der Waals surface area contributed by atoms with Gasteiger partial charge in [0.05, 0.1) is 11.7 Å². The number of amides is 1. The van der Waals surface area contributed by atoms with Gasteiger partial charge in [-0.15, -0.1) is 0 Å². The fourth-order valence-electron chi connectivity index (χ4n) is 1.74. The van der Waals surface area contributed by atoms with Crippen molar-refractivity contribution < 1.29 is 4.79 Å². The Bertz CT molecular complexity index is 217. The van der Waals surface area contributed by atoms with Gasteiger partial charge >= 0.3 is 0 Å². The maximum Gasteiger partial charge on any atom is 0.236 e. The average molecular weight is 244 g/mol. The second kappa shape index (κ2) is 8.44. The highest BCUT2D eigenvalue weighted by atomic mass is 16.2. The van der Waals surface area contributed by atoms with Gasteiger partial charge in [-0.05, 0) is 32.2 Å². The van der Waals surface area contributed by atoms with Gasteiger partial charge in [0.2, 0.25) is 5.91 Å². The number of unbranched alkanes of at least 4 members (excludes halogenated alkanes) is 1. The zero-order chi connectivity index (χ0) is 13.3. The second-order valence-corrected chi connectivity index (χ2v) is 4.46. The van der Waals surface area contributed by atoms with Gasteiger partial charge in [0.1, 0.15) is 0 Å². The van der Waals surface area contributed by atoms with Gasteiger partial charge in [-0.3, -0.25) is 10.1 Å². The summed E-state index contributed by atoms with van der Waals surface area (Å²) in [7, 11) is 1.65. The lowest BCUT2D eigenvalue weighted by Crippen LogP contribution is -2.59. The Hall–Kier alpha value is -0.650. The van der Waals surface area contributed by atoms with Gasteiger partial charge in [0.15, 0.2) is 0 Å². The minimum atomic E-state index is -0.458. The first-order valence-corrected chi connectivity index (χ1v) is 6.51. The molecule has 0 radical (unpaired) electrons. The van der Waals surface area contributed by atoms with E-state index in [1.807, 2.05) is 13.8 Å². The predicted octanol–water partition coefficient (Wildman–Crippen LogP) is 0.295. The molecule has 0 bridgehead atoms. The fraction of sp³-hybridized carbons (Fsp3) is 0.917. The van der Waals surface area contributed by atoms with Crippen molar-refractivity contribution in [2.45, 2.75) is 57.7 Å². The second-order valence-electron chi connectivity index (χ2n) is 4.46. The molecule has 0 aromatic heterocycles. The van der Waals surface area contributed by atoms with E-state index in [1.54, 1.807) is 7.05 Å². The molecule has 0 aliphatic carbocycles. The van der Waals surface area contributed by atoms with Crippen LogP contribution in [0.4, 0.5) is 0 Å². The normalized spacial score (nSPS) is 13.5. The summed E-state index contributed by atoms with van der Waals surface area (Å²) >= 11 is 0. The van der Waals surface area contributed by atoms with Crippen LogP contribution in [0, 0.1) is 0 Å². The Morgan fingerprint density at radius 1 is 1.29 bits per heavy atom. The summed E-state index contributed by atoms with van der Waals surface area (Å²) in [5, 5.41) is 5.94. The minimum absolute atomic E-state index is 0.00116. The predicted molar refractivity (Wildman–Crippen MR) is 71.4 cm³/mol. The Kier molecular flexibility index (Phi) is 8.12. The number of hydrogen-bond acceptors (Lipinski definition) is 4. The lowest BCUT2D eigenvalue weighted by molar-refractivity contribution is -0.123. The van der Waals surface area contributed by atoms with E-state index in [2.05, 4.69) is 10.6 Å². The molecule has 0 aromatic rings. The Labute approximate surface area is 105 Å². The van der Waals surface area contributed by atoms with Crippen LogP contribution in [0.5, 0.6) is 0 Å². The third-order valence-corrected chi connectivity index (χ3v) is 3.23. The molecule has 0 aliphatic rings. The Balaban J connectivity index is 4.41. The van der Waals surface area contributed by atoms with E-state index in [4.69, 9.17) is 11.5 Å². The first-order valence-electron chi connectivity index (χ1n) is 6.51. The molecule has 1 unspecified atom stereocenters. The molecule has 0 saturated carbocycles. The summed E-state index contributed by atoms with van der Waals surface area (Å²) in [4.78, 5) is 11.8. The highest BCUT2D eigenvalue weighted by molar-refractivity contribution is 5.81. The van der Waals surface area contributed by atoms with Crippen LogP contribution in [-0.2, 0) is 4.79 Å². The van der Waals surface area contributed by atoms with E-state index in [9.17, 15) is 4.79 Å². The van der Waals surface area contributed by atoms with Crippen LogP contribution >= 0.6 is 0 Å². The monoisotopic (exact) mass is 244 g/mol. The average Bonchev–Trinajstić information content (AvgIpc) is 2.36. The zero-order valence-corrected chi connectivity index (χ0v) is 11.4. The van der Waals surface area contributed by atoms with Crippen molar-refractivity contribution in [1.29, 1.82) is 0 Å². The highest BCUT2D eigenvalue weighted by Gasteiger charge is 2.27. The molecule has 1 amide bonds. The lowest BCUT2D eigenvalue weighted by atomic mass is 10.0. The van der Waals surface area contributed by atoms with Gasteiger partial charge in [0, 0.05) is 7.05 Å². The van der Waals surface area contributed by atoms with Crippen molar-refractivity contribution in [3.8, 4) is 0 Å². The van der Waals surface area contributed by atoms with Crippen molar-refractivity contribution >= 4 is 5.91 Å². The van der Waals surface area contributed by atoms with E-state index in [1.165, 1.54) is 0 Å². The van der Waals surface area contributed by atoms with Crippen molar-refractivity contribution in [2.75, 3.05) is 13.6 Å². The number of nitrogens with two attached hydrogens (primary N) is 2. The van der Waals surface area contributed by atoms with Crippen molar-refractivity contribution in [3.05, 3.63) is 0 Å². The minimum Gasteiger partial charge on any atom is -0.358 e. The van der Waals surface area contributed by atoms with Gasteiger partial charge in [0.25, 0.3) is 0 Å². The molecule has 17 heavy (non-hydrogen) atoms. The molecule has 0 fully saturated rings. The SMILES string of the molecule is CCC(N)(CC)NC(CCCCN)C(=O)NC. The molecule has 0 heterocycles. The largest absolute Gasteiger partial charge is 0.358 e. The van der Waals surface area contributed by atoms with E-state index < -0.39 is 5.66 Å². The maximum atomic E-state index is 11.8. The molecule has 0 saturated heterocycles. The van der Waals surface area contributed by atoms with Crippen molar-refractivity contribution in [1.82, 2.24) is 10.6 Å².